The number of imidazole rings is 1. The lowest BCUT2D eigenvalue weighted by molar-refractivity contribution is -0.404. The van der Waals surface area contributed by atoms with Crippen LogP contribution in [0.15, 0.2) is 17.2 Å². The zero-order valence-corrected chi connectivity index (χ0v) is 13.7. The lowest BCUT2D eigenvalue weighted by Crippen LogP contribution is -2.26. The standard InChI is InChI=1S/C12H19N5O2S2/c1-9-10(16-4-6-21-12(16)15-9)8-20-5-3-14-11(13-2)7-17(18)19/h7,13-14H,3-6,8H2,1-2H3/b11-7+. The molecule has 21 heavy (non-hydrogen) atoms. The number of rotatable bonds is 8. The third kappa shape index (κ3) is 4.31. The summed E-state index contributed by atoms with van der Waals surface area (Å²) in [6.45, 7) is 3.78. The summed E-state index contributed by atoms with van der Waals surface area (Å²) < 4.78 is 2.30. The second kappa shape index (κ2) is 7.60. The lowest BCUT2D eigenvalue weighted by Gasteiger charge is -2.08. The Hall–Kier alpha value is -1.35. The number of aromatic nitrogens is 2. The van der Waals surface area contributed by atoms with E-state index in [9.17, 15) is 10.1 Å². The summed E-state index contributed by atoms with van der Waals surface area (Å²) in [4.78, 5) is 14.5. The first-order chi connectivity index (χ1) is 10.1. The molecule has 1 aromatic rings. The predicted octanol–water partition coefficient (Wildman–Crippen LogP) is 1.42. The van der Waals surface area contributed by atoms with Gasteiger partial charge in [-0.2, -0.15) is 11.8 Å². The summed E-state index contributed by atoms with van der Waals surface area (Å²) in [6.07, 6.45) is 0.940. The molecule has 9 heteroatoms. The molecule has 1 aliphatic heterocycles. The average Bonchev–Trinajstić information content (AvgIpc) is 2.98. The van der Waals surface area contributed by atoms with Gasteiger partial charge in [0.25, 0.3) is 6.20 Å². The highest BCUT2D eigenvalue weighted by Gasteiger charge is 2.19. The van der Waals surface area contributed by atoms with Crippen molar-refractivity contribution in [2.75, 3.05) is 25.1 Å². The normalized spacial score (nSPS) is 14.1. The van der Waals surface area contributed by atoms with E-state index >= 15 is 0 Å². The molecule has 0 radical (unpaired) electrons. The topological polar surface area (TPSA) is 85.0 Å². The molecule has 0 unspecified atom stereocenters. The number of nitrogens with one attached hydrogen (secondary N) is 2. The molecule has 2 heterocycles. The van der Waals surface area contributed by atoms with E-state index in [1.807, 2.05) is 11.8 Å². The molecule has 0 bridgehead atoms. The lowest BCUT2D eigenvalue weighted by atomic mass is 10.4. The summed E-state index contributed by atoms with van der Waals surface area (Å²) >= 11 is 3.61. The summed E-state index contributed by atoms with van der Waals surface area (Å²) in [5.74, 6) is 3.34. The number of thioether (sulfide) groups is 2. The van der Waals surface area contributed by atoms with Crippen molar-refractivity contribution >= 4 is 23.5 Å². The minimum absolute atomic E-state index is 0.429. The van der Waals surface area contributed by atoms with Crippen molar-refractivity contribution in [3.05, 3.63) is 33.5 Å². The molecule has 2 N–H and O–H groups in total. The quantitative estimate of drug-likeness (QED) is 0.424. The van der Waals surface area contributed by atoms with Crippen molar-refractivity contribution in [1.29, 1.82) is 0 Å². The van der Waals surface area contributed by atoms with Gasteiger partial charge in [0.2, 0.25) is 0 Å². The highest BCUT2D eigenvalue weighted by molar-refractivity contribution is 7.99. The Labute approximate surface area is 132 Å². The van der Waals surface area contributed by atoms with E-state index < -0.39 is 4.92 Å². The van der Waals surface area contributed by atoms with Crippen molar-refractivity contribution in [3.8, 4) is 0 Å². The van der Waals surface area contributed by atoms with Gasteiger partial charge in [0, 0.05) is 37.4 Å². The van der Waals surface area contributed by atoms with Gasteiger partial charge >= 0.3 is 0 Å². The van der Waals surface area contributed by atoms with Crippen LogP contribution in [-0.4, -0.2) is 39.6 Å². The highest BCUT2D eigenvalue weighted by atomic mass is 32.2. The number of hydrogen-bond donors (Lipinski definition) is 2. The van der Waals surface area contributed by atoms with E-state index in [2.05, 4.69) is 27.1 Å². The Bertz CT molecular complexity index is 544. The molecule has 2 rings (SSSR count). The van der Waals surface area contributed by atoms with E-state index in [4.69, 9.17) is 0 Å². The Morgan fingerprint density at radius 1 is 1.67 bits per heavy atom. The van der Waals surface area contributed by atoms with Gasteiger partial charge < -0.3 is 15.2 Å². The number of aryl methyl sites for hydroxylation is 1. The van der Waals surface area contributed by atoms with Crippen molar-refractivity contribution in [3.63, 3.8) is 0 Å². The minimum Gasteiger partial charge on any atom is -0.370 e. The molecule has 7 nitrogen and oxygen atoms in total. The maximum atomic E-state index is 10.4. The first-order valence-electron chi connectivity index (χ1n) is 6.65. The third-order valence-corrected chi connectivity index (χ3v) is 5.02. The number of fused-ring (bicyclic) bond motifs is 1. The van der Waals surface area contributed by atoms with Gasteiger partial charge in [-0.3, -0.25) is 10.1 Å². The van der Waals surface area contributed by atoms with Crippen molar-refractivity contribution in [1.82, 2.24) is 20.2 Å². The summed E-state index contributed by atoms with van der Waals surface area (Å²) in [5, 5.41) is 17.3. The maximum absolute atomic E-state index is 10.4. The van der Waals surface area contributed by atoms with E-state index in [0.717, 1.165) is 40.9 Å². The average molecular weight is 329 g/mol. The zero-order chi connectivity index (χ0) is 15.2. The molecule has 0 aromatic carbocycles. The molecule has 0 saturated heterocycles. The Morgan fingerprint density at radius 3 is 3.19 bits per heavy atom. The third-order valence-electron chi connectivity index (χ3n) is 3.09. The Morgan fingerprint density at radius 2 is 2.48 bits per heavy atom. The molecule has 0 aliphatic carbocycles. The molecular formula is C12H19N5O2S2. The van der Waals surface area contributed by atoms with Gasteiger partial charge in [-0.05, 0) is 6.92 Å². The van der Waals surface area contributed by atoms with Gasteiger partial charge in [-0.1, -0.05) is 11.8 Å². The smallest absolute Gasteiger partial charge is 0.274 e. The monoisotopic (exact) mass is 329 g/mol. The van der Waals surface area contributed by atoms with Crippen molar-refractivity contribution in [2.45, 2.75) is 24.4 Å². The maximum Gasteiger partial charge on any atom is 0.274 e. The zero-order valence-electron chi connectivity index (χ0n) is 12.1. The summed E-state index contributed by atoms with van der Waals surface area (Å²) in [5.41, 5.74) is 2.41. The molecule has 0 spiro atoms. The fourth-order valence-electron chi connectivity index (χ4n) is 2.06. The fourth-order valence-corrected chi connectivity index (χ4v) is 4.03. The molecule has 116 valence electrons. The summed E-state index contributed by atoms with van der Waals surface area (Å²) in [7, 11) is 1.66. The van der Waals surface area contributed by atoms with E-state index in [-0.39, 0.29) is 0 Å². The van der Waals surface area contributed by atoms with Crippen LogP contribution in [0.4, 0.5) is 0 Å². The van der Waals surface area contributed by atoms with E-state index in [0.29, 0.717) is 12.4 Å². The second-order valence-corrected chi connectivity index (χ2v) is 6.65. The molecule has 0 atom stereocenters. The van der Waals surface area contributed by atoms with Crippen LogP contribution < -0.4 is 10.6 Å². The largest absolute Gasteiger partial charge is 0.370 e. The highest BCUT2D eigenvalue weighted by Crippen LogP contribution is 2.29. The molecular weight excluding hydrogens is 310 g/mol. The fraction of sp³-hybridized carbons (Fsp3) is 0.583. The van der Waals surface area contributed by atoms with Gasteiger partial charge in [0.15, 0.2) is 11.0 Å². The van der Waals surface area contributed by atoms with Crippen LogP contribution >= 0.6 is 23.5 Å². The van der Waals surface area contributed by atoms with Crippen LogP contribution in [0.5, 0.6) is 0 Å². The minimum atomic E-state index is -0.470. The predicted molar refractivity (Wildman–Crippen MR) is 86.0 cm³/mol. The molecule has 0 saturated carbocycles. The molecule has 0 fully saturated rings. The molecule has 1 aromatic heterocycles. The molecule has 1 aliphatic rings. The van der Waals surface area contributed by atoms with Crippen LogP contribution in [0, 0.1) is 17.0 Å². The van der Waals surface area contributed by atoms with Crippen molar-refractivity contribution < 1.29 is 4.92 Å². The number of hydrogen-bond acceptors (Lipinski definition) is 7. The van der Waals surface area contributed by atoms with Crippen LogP contribution in [0.25, 0.3) is 0 Å². The van der Waals surface area contributed by atoms with Gasteiger partial charge in [-0.25, -0.2) is 4.98 Å². The van der Waals surface area contributed by atoms with Crippen molar-refractivity contribution in [2.24, 2.45) is 0 Å². The van der Waals surface area contributed by atoms with E-state index in [1.165, 1.54) is 5.69 Å². The first kappa shape index (κ1) is 16.0. The summed E-state index contributed by atoms with van der Waals surface area (Å²) in [6, 6.07) is 0. The first-order valence-corrected chi connectivity index (χ1v) is 8.79. The Balaban J connectivity index is 1.74. The van der Waals surface area contributed by atoms with Crippen LogP contribution in [0.3, 0.4) is 0 Å². The van der Waals surface area contributed by atoms with Gasteiger partial charge in [0.05, 0.1) is 16.3 Å². The van der Waals surface area contributed by atoms with Crippen LogP contribution in [0.1, 0.15) is 11.4 Å². The van der Waals surface area contributed by atoms with Gasteiger partial charge in [-0.15, -0.1) is 0 Å². The molecule has 0 amide bonds. The van der Waals surface area contributed by atoms with Crippen LogP contribution in [0.2, 0.25) is 0 Å². The number of nitro groups is 1. The SMILES string of the molecule is CN/C(=C\[N+](=O)[O-])NCCSCc1c(C)nc2n1CCS2. The number of nitrogens with zero attached hydrogens (tertiary/aromatic N) is 3. The van der Waals surface area contributed by atoms with Gasteiger partial charge in [0.1, 0.15) is 0 Å². The van der Waals surface area contributed by atoms with E-state index in [1.54, 1.807) is 18.8 Å². The van der Waals surface area contributed by atoms with Crippen LogP contribution in [-0.2, 0) is 12.3 Å². The Kier molecular flexibility index (Phi) is 5.80. The second-order valence-electron chi connectivity index (χ2n) is 4.48.